The number of aryl methyl sites for hydroxylation is 1. The molecule has 4 aromatic carbocycles. The second kappa shape index (κ2) is 9.29. The first-order chi connectivity index (χ1) is 15.8. The summed E-state index contributed by atoms with van der Waals surface area (Å²) in [5.41, 5.74) is 6.24. The second-order valence-electron chi connectivity index (χ2n) is 8.26. The van der Waals surface area contributed by atoms with Crippen molar-refractivity contribution in [2.45, 2.75) is 26.5 Å². The molecule has 0 unspecified atom stereocenters. The number of aromatic amines is 1. The van der Waals surface area contributed by atoms with E-state index in [1.54, 1.807) is 0 Å². The molecule has 2 N–H and O–H groups in total. The highest BCUT2D eigenvalue weighted by molar-refractivity contribution is 5.87. The number of hydrogen-bond acceptors (Lipinski definition) is 2. The van der Waals surface area contributed by atoms with Crippen LogP contribution in [0.25, 0.3) is 21.7 Å². The van der Waals surface area contributed by atoms with Crippen molar-refractivity contribution >= 4 is 21.7 Å². The highest BCUT2D eigenvalue weighted by Gasteiger charge is 2.10. The fourth-order valence-corrected chi connectivity index (χ4v) is 4.34. The maximum Gasteiger partial charge on any atom is 0.124 e. The summed E-state index contributed by atoms with van der Waals surface area (Å²) in [6.07, 6.45) is 3.11. The Labute approximate surface area is 189 Å². The largest absolute Gasteiger partial charge is 0.489 e. The van der Waals surface area contributed by atoms with Crippen LogP contribution >= 0.6 is 0 Å². The van der Waals surface area contributed by atoms with E-state index in [1.165, 1.54) is 43.9 Å². The predicted octanol–water partition coefficient (Wildman–Crippen LogP) is 6.54. The van der Waals surface area contributed by atoms with Crippen LogP contribution in [0.1, 0.15) is 22.3 Å². The third-order valence-corrected chi connectivity index (χ3v) is 6.19. The van der Waals surface area contributed by atoms with Gasteiger partial charge < -0.3 is 15.0 Å². The number of nitrogens with one attached hydrogen (secondary N) is 2. The van der Waals surface area contributed by atoms with Crippen molar-refractivity contribution in [2.24, 2.45) is 0 Å². The van der Waals surface area contributed by atoms with Gasteiger partial charge in [0, 0.05) is 29.2 Å². The first kappa shape index (κ1) is 20.3. The lowest BCUT2D eigenvalue weighted by Crippen LogP contribution is -2.17. The van der Waals surface area contributed by atoms with E-state index in [-0.39, 0.29) is 0 Å². The minimum atomic E-state index is 0.577. The van der Waals surface area contributed by atoms with E-state index >= 15 is 0 Å². The van der Waals surface area contributed by atoms with Crippen molar-refractivity contribution in [1.29, 1.82) is 0 Å². The van der Waals surface area contributed by atoms with Crippen LogP contribution in [0.4, 0.5) is 0 Å². The summed E-state index contributed by atoms with van der Waals surface area (Å²) >= 11 is 0. The van der Waals surface area contributed by atoms with Crippen molar-refractivity contribution in [1.82, 2.24) is 10.3 Å². The Bertz CT molecular complexity index is 1350. The smallest absolute Gasteiger partial charge is 0.124 e. The van der Waals surface area contributed by atoms with Gasteiger partial charge in [-0.1, -0.05) is 72.8 Å². The molecule has 5 rings (SSSR count). The molecule has 0 radical (unpaired) electrons. The lowest BCUT2D eigenvalue weighted by atomic mass is 10.0. The minimum absolute atomic E-state index is 0.577. The van der Waals surface area contributed by atoms with Gasteiger partial charge in [-0.2, -0.15) is 0 Å². The average molecular weight is 421 g/mol. The van der Waals surface area contributed by atoms with E-state index in [1.807, 2.05) is 0 Å². The molecule has 1 heterocycles. The van der Waals surface area contributed by atoms with Gasteiger partial charge in [-0.25, -0.2) is 0 Å². The van der Waals surface area contributed by atoms with Crippen molar-refractivity contribution in [2.75, 3.05) is 6.54 Å². The fourth-order valence-electron chi connectivity index (χ4n) is 4.34. The first-order valence-corrected chi connectivity index (χ1v) is 11.2. The van der Waals surface area contributed by atoms with E-state index in [2.05, 4.69) is 108 Å². The molecule has 0 saturated heterocycles. The third-order valence-electron chi connectivity index (χ3n) is 6.19. The van der Waals surface area contributed by atoms with Crippen molar-refractivity contribution in [3.05, 3.63) is 113 Å². The van der Waals surface area contributed by atoms with Gasteiger partial charge in [-0.3, -0.25) is 0 Å². The van der Waals surface area contributed by atoms with Crippen LogP contribution < -0.4 is 10.1 Å². The molecule has 160 valence electrons. The van der Waals surface area contributed by atoms with Crippen molar-refractivity contribution < 1.29 is 4.74 Å². The van der Waals surface area contributed by atoms with Gasteiger partial charge in [0.2, 0.25) is 0 Å². The Hall–Kier alpha value is -3.56. The van der Waals surface area contributed by atoms with E-state index in [9.17, 15) is 0 Å². The Morgan fingerprint density at radius 1 is 0.781 bits per heavy atom. The molecular formula is C29H28N2O. The van der Waals surface area contributed by atoms with Gasteiger partial charge in [0.15, 0.2) is 0 Å². The maximum absolute atomic E-state index is 6.33. The molecule has 0 atom stereocenters. The zero-order chi connectivity index (χ0) is 21.8. The quantitative estimate of drug-likeness (QED) is 0.280. The SMILES string of the molecule is Cc1ccccc1COc1ccc2ccccc2c1CNCCc1c[nH]c2ccccc12. The summed E-state index contributed by atoms with van der Waals surface area (Å²) in [6, 6.07) is 29.7. The lowest BCUT2D eigenvalue weighted by molar-refractivity contribution is 0.302. The van der Waals surface area contributed by atoms with Crippen LogP contribution in [0.15, 0.2) is 91.1 Å². The predicted molar refractivity (Wildman–Crippen MR) is 133 cm³/mol. The second-order valence-corrected chi connectivity index (χ2v) is 8.26. The summed E-state index contributed by atoms with van der Waals surface area (Å²) in [5, 5.41) is 7.44. The van der Waals surface area contributed by atoms with E-state index in [0.29, 0.717) is 6.61 Å². The molecule has 0 bridgehead atoms. The Morgan fingerprint density at radius 2 is 1.56 bits per heavy atom. The lowest BCUT2D eigenvalue weighted by Gasteiger charge is -2.16. The highest BCUT2D eigenvalue weighted by atomic mass is 16.5. The standard InChI is InChI=1S/C29H28N2O/c1-21-8-2-3-10-24(21)20-32-29-15-14-22-9-4-5-11-25(22)27(29)19-30-17-16-23-18-31-28-13-7-6-12-26(23)28/h2-15,18,30-31H,16-17,19-20H2,1H3. The highest BCUT2D eigenvalue weighted by Crippen LogP contribution is 2.29. The normalized spacial score (nSPS) is 11.3. The summed E-state index contributed by atoms with van der Waals surface area (Å²) < 4.78 is 6.33. The summed E-state index contributed by atoms with van der Waals surface area (Å²) in [6.45, 7) is 4.38. The Morgan fingerprint density at radius 3 is 2.47 bits per heavy atom. The zero-order valence-corrected chi connectivity index (χ0v) is 18.4. The number of benzene rings is 4. The third kappa shape index (κ3) is 4.25. The molecule has 1 aromatic heterocycles. The molecule has 3 nitrogen and oxygen atoms in total. The van der Waals surface area contributed by atoms with Gasteiger partial charge in [0.05, 0.1) is 0 Å². The van der Waals surface area contributed by atoms with Crippen LogP contribution in [-0.4, -0.2) is 11.5 Å². The Balaban J connectivity index is 1.32. The molecule has 0 saturated carbocycles. The number of rotatable bonds is 8. The van der Waals surface area contributed by atoms with Gasteiger partial charge >= 0.3 is 0 Å². The van der Waals surface area contributed by atoms with Gasteiger partial charge in [0.25, 0.3) is 0 Å². The molecule has 32 heavy (non-hydrogen) atoms. The molecule has 0 fully saturated rings. The van der Waals surface area contributed by atoms with Crippen LogP contribution in [0.2, 0.25) is 0 Å². The van der Waals surface area contributed by atoms with Crippen LogP contribution in [-0.2, 0) is 19.6 Å². The van der Waals surface area contributed by atoms with E-state index < -0.39 is 0 Å². The number of hydrogen-bond donors (Lipinski definition) is 2. The number of H-pyrrole nitrogens is 1. The number of aromatic nitrogens is 1. The van der Waals surface area contributed by atoms with Gasteiger partial charge in [-0.05, 0) is 59.5 Å². The topological polar surface area (TPSA) is 37.0 Å². The molecule has 0 aliphatic heterocycles. The molecule has 0 aliphatic rings. The fraction of sp³-hybridized carbons (Fsp3) is 0.172. The number of ether oxygens (including phenoxy) is 1. The monoisotopic (exact) mass is 420 g/mol. The maximum atomic E-state index is 6.33. The van der Waals surface area contributed by atoms with E-state index in [0.717, 1.165) is 25.3 Å². The van der Waals surface area contributed by atoms with E-state index in [4.69, 9.17) is 4.74 Å². The molecule has 5 aromatic rings. The van der Waals surface area contributed by atoms with Crippen LogP contribution in [0.3, 0.4) is 0 Å². The van der Waals surface area contributed by atoms with Crippen LogP contribution in [0, 0.1) is 6.92 Å². The summed E-state index contributed by atoms with van der Waals surface area (Å²) in [7, 11) is 0. The van der Waals surface area contributed by atoms with Crippen molar-refractivity contribution in [3.8, 4) is 5.75 Å². The Kier molecular flexibility index (Phi) is 5.91. The summed E-state index contributed by atoms with van der Waals surface area (Å²) in [4.78, 5) is 3.37. The molecule has 0 aliphatic carbocycles. The van der Waals surface area contributed by atoms with Gasteiger partial charge in [0.1, 0.15) is 12.4 Å². The van der Waals surface area contributed by atoms with Gasteiger partial charge in [-0.15, -0.1) is 0 Å². The van der Waals surface area contributed by atoms with Crippen molar-refractivity contribution in [3.63, 3.8) is 0 Å². The molecule has 3 heteroatoms. The molecule has 0 amide bonds. The van der Waals surface area contributed by atoms with Crippen LogP contribution in [0.5, 0.6) is 5.75 Å². The molecule has 0 spiro atoms. The first-order valence-electron chi connectivity index (χ1n) is 11.2. The summed E-state index contributed by atoms with van der Waals surface area (Å²) in [5.74, 6) is 0.951. The average Bonchev–Trinajstić information content (AvgIpc) is 3.25. The minimum Gasteiger partial charge on any atom is -0.489 e. The molecular weight excluding hydrogens is 392 g/mol. The number of fused-ring (bicyclic) bond motifs is 2. The number of para-hydroxylation sites is 1. The zero-order valence-electron chi connectivity index (χ0n) is 18.4.